The van der Waals surface area contributed by atoms with E-state index in [2.05, 4.69) is 11.8 Å². The Hall–Kier alpha value is 0.230. The van der Waals surface area contributed by atoms with E-state index in [1.54, 1.807) is 0 Å². The first-order valence-corrected chi connectivity index (χ1v) is 8.50. The molecule has 2 N–H and O–H groups in total. The maximum Gasteiger partial charge on any atom is 0.0701 e. The van der Waals surface area contributed by atoms with Gasteiger partial charge in [0.15, 0.2) is 0 Å². The molecule has 3 saturated heterocycles. The Balaban J connectivity index is 1.62. The molecule has 1 spiro atoms. The minimum Gasteiger partial charge on any atom is -0.381 e. The fourth-order valence-electron chi connectivity index (χ4n) is 3.73. The lowest BCUT2D eigenvalue weighted by molar-refractivity contribution is -0.108. The normalized spacial score (nSPS) is 37.8. The summed E-state index contributed by atoms with van der Waals surface area (Å²) in [6, 6.07) is 0.322. The van der Waals surface area contributed by atoms with Crippen LogP contribution >= 0.6 is 11.8 Å². The Morgan fingerprint density at radius 3 is 2.61 bits per heavy atom. The van der Waals surface area contributed by atoms with Crippen molar-refractivity contribution in [2.75, 3.05) is 31.3 Å². The van der Waals surface area contributed by atoms with Crippen LogP contribution in [0.1, 0.15) is 32.1 Å². The first-order chi connectivity index (χ1) is 8.79. The number of nitrogens with two attached hydrogens (primary N) is 1. The SMILES string of the molecule is NC(C1CCOC1)C1CCOC2(CCSCC2)C1. The third-order valence-electron chi connectivity index (χ3n) is 4.99. The summed E-state index contributed by atoms with van der Waals surface area (Å²) < 4.78 is 11.6. The van der Waals surface area contributed by atoms with Crippen molar-refractivity contribution in [3.8, 4) is 0 Å². The van der Waals surface area contributed by atoms with Crippen molar-refractivity contribution in [1.82, 2.24) is 0 Å². The predicted octanol–water partition coefficient (Wildman–Crippen LogP) is 2.04. The summed E-state index contributed by atoms with van der Waals surface area (Å²) >= 11 is 2.07. The molecular formula is C14H25NO2S. The minimum absolute atomic E-state index is 0.172. The second-order valence-corrected chi connectivity index (χ2v) is 7.32. The highest BCUT2D eigenvalue weighted by Crippen LogP contribution is 2.41. The lowest BCUT2D eigenvalue weighted by atomic mass is 9.75. The molecule has 0 aromatic heterocycles. The van der Waals surface area contributed by atoms with Crippen molar-refractivity contribution in [2.24, 2.45) is 17.6 Å². The largest absolute Gasteiger partial charge is 0.381 e. The van der Waals surface area contributed by atoms with E-state index in [0.717, 1.165) is 32.7 Å². The lowest BCUT2D eigenvalue weighted by Crippen LogP contribution is -2.49. The van der Waals surface area contributed by atoms with E-state index in [1.807, 2.05) is 0 Å². The van der Waals surface area contributed by atoms with Crippen LogP contribution in [0.15, 0.2) is 0 Å². The molecule has 0 radical (unpaired) electrons. The highest BCUT2D eigenvalue weighted by molar-refractivity contribution is 7.99. The molecular weight excluding hydrogens is 246 g/mol. The molecule has 104 valence electrons. The molecule has 0 saturated carbocycles. The number of hydrogen-bond donors (Lipinski definition) is 1. The number of thioether (sulfide) groups is 1. The Morgan fingerprint density at radius 2 is 1.89 bits per heavy atom. The summed E-state index contributed by atoms with van der Waals surface area (Å²) in [4.78, 5) is 0. The van der Waals surface area contributed by atoms with Gasteiger partial charge in [-0.3, -0.25) is 0 Å². The summed E-state index contributed by atoms with van der Waals surface area (Å²) in [5.74, 6) is 3.75. The Kier molecular flexibility index (Phi) is 4.18. The molecule has 0 aromatic carbocycles. The van der Waals surface area contributed by atoms with E-state index < -0.39 is 0 Å². The maximum absolute atomic E-state index is 6.50. The molecule has 0 bridgehead atoms. The van der Waals surface area contributed by atoms with Gasteiger partial charge in [-0.15, -0.1) is 0 Å². The van der Waals surface area contributed by atoms with Crippen molar-refractivity contribution in [1.29, 1.82) is 0 Å². The third kappa shape index (κ3) is 2.72. The van der Waals surface area contributed by atoms with E-state index in [4.69, 9.17) is 15.2 Å². The van der Waals surface area contributed by atoms with Crippen LogP contribution in [0.2, 0.25) is 0 Å². The summed E-state index contributed by atoms with van der Waals surface area (Å²) in [6.45, 7) is 2.70. The molecule has 3 unspecified atom stereocenters. The van der Waals surface area contributed by atoms with Crippen LogP contribution in [0.5, 0.6) is 0 Å². The standard InChI is InChI=1S/C14H25NO2S/c15-13(12-1-5-16-10-12)11-2-6-17-14(9-11)3-7-18-8-4-14/h11-13H,1-10,15H2. The lowest BCUT2D eigenvalue weighted by Gasteiger charge is -2.45. The Labute approximate surface area is 114 Å². The smallest absolute Gasteiger partial charge is 0.0701 e. The van der Waals surface area contributed by atoms with Crippen molar-refractivity contribution < 1.29 is 9.47 Å². The zero-order chi connectivity index (χ0) is 12.4. The average molecular weight is 271 g/mol. The second-order valence-electron chi connectivity index (χ2n) is 6.10. The first kappa shape index (κ1) is 13.2. The van der Waals surface area contributed by atoms with Crippen molar-refractivity contribution in [3.05, 3.63) is 0 Å². The zero-order valence-corrected chi connectivity index (χ0v) is 11.9. The fourth-order valence-corrected chi connectivity index (χ4v) is 4.96. The zero-order valence-electron chi connectivity index (χ0n) is 11.1. The number of hydrogen-bond acceptors (Lipinski definition) is 4. The molecule has 3 fully saturated rings. The molecule has 3 aliphatic heterocycles. The van der Waals surface area contributed by atoms with Gasteiger partial charge in [-0.05, 0) is 55.4 Å². The van der Waals surface area contributed by atoms with Gasteiger partial charge in [0.05, 0.1) is 12.2 Å². The third-order valence-corrected chi connectivity index (χ3v) is 5.97. The summed E-state index contributed by atoms with van der Waals surface area (Å²) in [6.07, 6.45) is 5.93. The van der Waals surface area contributed by atoms with Gasteiger partial charge < -0.3 is 15.2 Å². The Bertz CT molecular complexity index is 269. The van der Waals surface area contributed by atoms with Crippen molar-refractivity contribution in [3.63, 3.8) is 0 Å². The van der Waals surface area contributed by atoms with Gasteiger partial charge >= 0.3 is 0 Å². The molecule has 4 heteroatoms. The van der Waals surface area contributed by atoms with E-state index in [-0.39, 0.29) is 5.60 Å². The van der Waals surface area contributed by atoms with Crippen LogP contribution in [0.3, 0.4) is 0 Å². The molecule has 3 atom stereocenters. The molecule has 3 aliphatic rings. The second kappa shape index (κ2) is 5.70. The summed E-state index contributed by atoms with van der Waals surface area (Å²) in [5, 5.41) is 0. The van der Waals surface area contributed by atoms with E-state index in [0.29, 0.717) is 17.9 Å². The molecule has 0 aromatic rings. The molecule has 3 rings (SSSR count). The van der Waals surface area contributed by atoms with Gasteiger partial charge in [-0.25, -0.2) is 0 Å². The predicted molar refractivity (Wildman–Crippen MR) is 74.9 cm³/mol. The number of ether oxygens (including phenoxy) is 2. The first-order valence-electron chi connectivity index (χ1n) is 7.34. The minimum atomic E-state index is 0.172. The van der Waals surface area contributed by atoms with Gasteiger partial charge in [-0.1, -0.05) is 0 Å². The van der Waals surface area contributed by atoms with Crippen LogP contribution in [-0.2, 0) is 9.47 Å². The highest BCUT2D eigenvalue weighted by atomic mass is 32.2. The van der Waals surface area contributed by atoms with Crippen LogP contribution in [0.4, 0.5) is 0 Å². The van der Waals surface area contributed by atoms with Gasteiger partial charge in [0.1, 0.15) is 0 Å². The summed E-state index contributed by atoms with van der Waals surface area (Å²) in [7, 11) is 0. The Morgan fingerprint density at radius 1 is 1.11 bits per heavy atom. The molecule has 0 amide bonds. The van der Waals surface area contributed by atoms with E-state index in [9.17, 15) is 0 Å². The van der Waals surface area contributed by atoms with E-state index in [1.165, 1.54) is 30.8 Å². The van der Waals surface area contributed by atoms with Gasteiger partial charge in [0.2, 0.25) is 0 Å². The molecule has 0 aliphatic carbocycles. The molecule has 3 heterocycles. The van der Waals surface area contributed by atoms with Crippen LogP contribution in [0, 0.1) is 11.8 Å². The molecule has 3 nitrogen and oxygen atoms in total. The van der Waals surface area contributed by atoms with Crippen LogP contribution in [0.25, 0.3) is 0 Å². The molecule has 18 heavy (non-hydrogen) atoms. The fraction of sp³-hybridized carbons (Fsp3) is 1.00. The highest BCUT2D eigenvalue weighted by Gasteiger charge is 2.42. The van der Waals surface area contributed by atoms with Crippen molar-refractivity contribution in [2.45, 2.75) is 43.7 Å². The number of rotatable bonds is 2. The monoisotopic (exact) mass is 271 g/mol. The van der Waals surface area contributed by atoms with Crippen LogP contribution in [-0.4, -0.2) is 43.0 Å². The van der Waals surface area contributed by atoms with Gasteiger partial charge in [0, 0.05) is 19.3 Å². The van der Waals surface area contributed by atoms with Gasteiger partial charge in [0.25, 0.3) is 0 Å². The maximum atomic E-state index is 6.50. The summed E-state index contributed by atoms with van der Waals surface area (Å²) in [5.41, 5.74) is 6.67. The van der Waals surface area contributed by atoms with Crippen molar-refractivity contribution >= 4 is 11.8 Å². The van der Waals surface area contributed by atoms with E-state index >= 15 is 0 Å². The quantitative estimate of drug-likeness (QED) is 0.835. The average Bonchev–Trinajstić information content (AvgIpc) is 2.93. The van der Waals surface area contributed by atoms with Gasteiger partial charge in [-0.2, -0.15) is 11.8 Å². The van der Waals surface area contributed by atoms with Crippen LogP contribution < -0.4 is 5.73 Å². The topological polar surface area (TPSA) is 44.5 Å².